The van der Waals surface area contributed by atoms with Crippen LogP contribution in [0.2, 0.25) is 0 Å². The highest BCUT2D eigenvalue weighted by molar-refractivity contribution is 5.90. The van der Waals surface area contributed by atoms with Gasteiger partial charge >= 0.3 is 0 Å². The second-order valence-corrected chi connectivity index (χ2v) is 3.13. The summed E-state index contributed by atoms with van der Waals surface area (Å²) in [5.74, 6) is 0.292. The molecular weight excluding hydrogens is 154 g/mol. The summed E-state index contributed by atoms with van der Waals surface area (Å²) in [7, 11) is 0. The third kappa shape index (κ3) is 2.86. The Balaban J connectivity index is 2.30. The molecule has 0 fully saturated rings. The molecule has 1 aliphatic carbocycles. The molecule has 1 atom stereocenters. The first-order valence-corrected chi connectivity index (χ1v) is 4.18. The summed E-state index contributed by atoms with van der Waals surface area (Å²) >= 11 is 0. The molecule has 0 aromatic heterocycles. The van der Waals surface area contributed by atoms with Gasteiger partial charge in [-0.05, 0) is 24.8 Å². The average molecular weight is 167 g/mol. The number of carbonyl (C=O) groups excluding carboxylic acids is 2. The van der Waals surface area contributed by atoms with Crippen molar-refractivity contribution in [2.24, 2.45) is 11.7 Å². The van der Waals surface area contributed by atoms with Gasteiger partial charge in [0.15, 0.2) is 5.78 Å². The summed E-state index contributed by atoms with van der Waals surface area (Å²) in [6, 6.07) is 0. The Kier molecular flexibility index (Phi) is 3.02. The second kappa shape index (κ2) is 4.04. The van der Waals surface area contributed by atoms with Crippen molar-refractivity contribution in [3.63, 3.8) is 0 Å². The molecule has 2 N–H and O–H groups in total. The van der Waals surface area contributed by atoms with Gasteiger partial charge in [0.25, 0.3) is 0 Å². The van der Waals surface area contributed by atoms with E-state index >= 15 is 0 Å². The summed E-state index contributed by atoms with van der Waals surface area (Å²) in [5.41, 5.74) is 5.01. The first-order chi connectivity index (χ1) is 5.68. The first-order valence-electron chi connectivity index (χ1n) is 4.18. The zero-order valence-corrected chi connectivity index (χ0v) is 6.95. The molecule has 1 unspecified atom stereocenters. The zero-order chi connectivity index (χ0) is 8.97. The predicted molar refractivity (Wildman–Crippen MR) is 45.3 cm³/mol. The highest BCUT2D eigenvalue weighted by Crippen LogP contribution is 2.19. The van der Waals surface area contributed by atoms with Gasteiger partial charge in [0, 0.05) is 12.8 Å². The van der Waals surface area contributed by atoms with Crippen molar-refractivity contribution in [3.05, 3.63) is 12.2 Å². The lowest BCUT2D eigenvalue weighted by atomic mass is 9.91. The minimum atomic E-state index is -0.264. The van der Waals surface area contributed by atoms with E-state index in [0.29, 0.717) is 18.8 Å². The molecule has 1 rings (SSSR count). The van der Waals surface area contributed by atoms with E-state index < -0.39 is 0 Å². The van der Waals surface area contributed by atoms with Crippen LogP contribution in [-0.4, -0.2) is 11.7 Å². The maximum Gasteiger partial charge on any atom is 0.217 e. The number of rotatable bonds is 3. The SMILES string of the molecule is NC(=O)CCC1C=CC(=O)CC1. The molecule has 0 saturated carbocycles. The molecule has 0 bridgehead atoms. The van der Waals surface area contributed by atoms with Gasteiger partial charge in [-0.3, -0.25) is 9.59 Å². The smallest absolute Gasteiger partial charge is 0.217 e. The van der Waals surface area contributed by atoms with E-state index in [9.17, 15) is 9.59 Å². The van der Waals surface area contributed by atoms with E-state index in [1.807, 2.05) is 6.08 Å². The van der Waals surface area contributed by atoms with Crippen LogP contribution in [0.4, 0.5) is 0 Å². The Morgan fingerprint density at radius 2 is 2.42 bits per heavy atom. The molecule has 3 heteroatoms. The summed E-state index contributed by atoms with van der Waals surface area (Å²) in [5, 5.41) is 0. The number of amides is 1. The fourth-order valence-electron chi connectivity index (χ4n) is 1.32. The summed E-state index contributed by atoms with van der Waals surface area (Å²) < 4.78 is 0. The van der Waals surface area contributed by atoms with Gasteiger partial charge in [-0.2, -0.15) is 0 Å². The molecule has 1 amide bonds. The summed E-state index contributed by atoms with van der Waals surface area (Å²) in [6.45, 7) is 0. The summed E-state index contributed by atoms with van der Waals surface area (Å²) in [6.07, 6.45) is 6.16. The molecule has 0 aromatic carbocycles. The van der Waals surface area contributed by atoms with Crippen LogP contribution < -0.4 is 5.73 Å². The Hall–Kier alpha value is -1.12. The Bertz CT molecular complexity index is 221. The normalized spacial score (nSPS) is 22.7. The van der Waals surface area contributed by atoms with E-state index in [2.05, 4.69) is 0 Å². The van der Waals surface area contributed by atoms with Gasteiger partial charge in [-0.15, -0.1) is 0 Å². The quantitative estimate of drug-likeness (QED) is 0.675. The molecule has 12 heavy (non-hydrogen) atoms. The van der Waals surface area contributed by atoms with Crippen LogP contribution in [-0.2, 0) is 9.59 Å². The van der Waals surface area contributed by atoms with Gasteiger partial charge in [-0.1, -0.05) is 6.08 Å². The maximum atomic E-state index is 10.8. The van der Waals surface area contributed by atoms with Crippen LogP contribution in [0.25, 0.3) is 0 Å². The fourth-order valence-corrected chi connectivity index (χ4v) is 1.32. The van der Waals surface area contributed by atoms with E-state index in [1.54, 1.807) is 6.08 Å². The number of hydrogen-bond donors (Lipinski definition) is 1. The minimum absolute atomic E-state index is 0.185. The number of allylic oxidation sites excluding steroid dienone is 2. The van der Waals surface area contributed by atoms with Crippen LogP contribution in [0, 0.1) is 5.92 Å². The predicted octanol–water partition coefficient (Wildman–Crippen LogP) is 0.787. The van der Waals surface area contributed by atoms with Gasteiger partial charge in [0.2, 0.25) is 5.91 Å². The number of nitrogens with two attached hydrogens (primary N) is 1. The van der Waals surface area contributed by atoms with Crippen LogP contribution in [0.3, 0.4) is 0 Å². The Morgan fingerprint density at radius 1 is 1.67 bits per heavy atom. The zero-order valence-electron chi connectivity index (χ0n) is 6.95. The standard InChI is InChI=1S/C9H13NO2/c10-9(12)6-3-7-1-4-8(11)5-2-7/h1,4,7H,2-3,5-6H2,(H2,10,12). The second-order valence-electron chi connectivity index (χ2n) is 3.13. The van der Waals surface area contributed by atoms with Crippen molar-refractivity contribution in [2.75, 3.05) is 0 Å². The molecule has 0 aromatic rings. The molecule has 0 spiro atoms. The average Bonchev–Trinajstić information content (AvgIpc) is 2.03. The molecule has 66 valence electrons. The van der Waals surface area contributed by atoms with Crippen LogP contribution in [0.15, 0.2) is 12.2 Å². The van der Waals surface area contributed by atoms with Crippen molar-refractivity contribution in [2.45, 2.75) is 25.7 Å². The van der Waals surface area contributed by atoms with Crippen molar-refractivity contribution >= 4 is 11.7 Å². The highest BCUT2D eigenvalue weighted by atomic mass is 16.1. The molecule has 1 aliphatic rings. The number of ketones is 1. The van der Waals surface area contributed by atoms with Crippen LogP contribution in [0.1, 0.15) is 25.7 Å². The first kappa shape index (κ1) is 8.97. The molecule has 0 saturated heterocycles. The van der Waals surface area contributed by atoms with Crippen LogP contribution in [0.5, 0.6) is 0 Å². The van der Waals surface area contributed by atoms with Gasteiger partial charge in [0.1, 0.15) is 0 Å². The topological polar surface area (TPSA) is 60.2 Å². The van der Waals surface area contributed by atoms with Crippen molar-refractivity contribution in [3.8, 4) is 0 Å². The fraction of sp³-hybridized carbons (Fsp3) is 0.556. The third-order valence-electron chi connectivity index (χ3n) is 2.08. The Morgan fingerprint density at radius 3 is 2.92 bits per heavy atom. The lowest BCUT2D eigenvalue weighted by Crippen LogP contribution is -2.14. The third-order valence-corrected chi connectivity index (χ3v) is 2.08. The molecular formula is C9H13NO2. The van der Waals surface area contributed by atoms with Crippen LogP contribution >= 0.6 is 0 Å². The van der Waals surface area contributed by atoms with Crippen molar-refractivity contribution < 1.29 is 9.59 Å². The van der Waals surface area contributed by atoms with Crippen molar-refractivity contribution in [1.82, 2.24) is 0 Å². The van der Waals surface area contributed by atoms with E-state index in [0.717, 1.165) is 12.8 Å². The number of hydrogen-bond acceptors (Lipinski definition) is 2. The largest absolute Gasteiger partial charge is 0.370 e. The summed E-state index contributed by atoms with van der Waals surface area (Å²) in [4.78, 5) is 21.2. The van der Waals surface area contributed by atoms with Gasteiger partial charge in [-0.25, -0.2) is 0 Å². The van der Waals surface area contributed by atoms with Gasteiger partial charge < -0.3 is 5.73 Å². The molecule has 0 aliphatic heterocycles. The Labute approximate surface area is 71.6 Å². The lowest BCUT2D eigenvalue weighted by Gasteiger charge is -2.13. The lowest BCUT2D eigenvalue weighted by molar-refractivity contribution is -0.118. The van der Waals surface area contributed by atoms with E-state index in [4.69, 9.17) is 5.73 Å². The molecule has 3 nitrogen and oxygen atoms in total. The molecule has 0 heterocycles. The number of primary amides is 1. The van der Waals surface area contributed by atoms with Gasteiger partial charge in [0.05, 0.1) is 0 Å². The minimum Gasteiger partial charge on any atom is -0.370 e. The maximum absolute atomic E-state index is 10.8. The molecule has 0 radical (unpaired) electrons. The van der Waals surface area contributed by atoms with Crippen molar-refractivity contribution in [1.29, 1.82) is 0 Å². The monoisotopic (exact) mass is 167 g/mol. The van der Waals surface area contributed by atoms with E-state index in [1.165, 1.54) is 0 Å². The highest BCUT2D eigenvalue weighted by Gasteiger charge is 2.13. The number of carbonyl (C=O) groups is 2. The van der Waals surface area contributed by atoms with E-state index in [-0.39, 0.29) is 11.7 Å².